The average molecular weight is 483 g/mol. The number of hydrogen-bond acceptors (Lipinski definition) is 4. The van der Waals surface area contributed by atoms with Crippen LogP contribution in [0.3, 0.4) is 0 Å². The van der Waals surface area contributed by atoms with Crippen LogP contribution in [0.15, 0.2) is 48.8 Å². The monoisotopic (exact) mass is 483 g/mol. The number of carbonyl (C=O) groups excluding carboxylic acids is 1. The van der Waals surface area contributed by atoms with Gasteiger partial charge in [-0.2, -0.15) is 31.4 Å². The molecule has 1 N–H and O–H groups in total. The Hall–Kier alpha value is -4.03. The Labute approximate surface area is 186 Å². The summed E-state index contributed by atoms with van der Waals surface area (Å²) in [6.07, 6.45) is -8.25. The highest BCUT2D eigenvalue weighted by Crippen LogP contribution is 2.41. The molecule has 0 aliphatic rings. The molecular weight excluding hydrogens is 471 g/mol. The number of pyridine rings is 2. The third kappa shape index (κ3) is 4.28. The molecule has 0 aliphatic heterocycles. The maximum absolute atomic E-state index is 14.1. The molecule has 0 saturated carbocycles. The number of fused-ring (bicyclic) bond motifs is 1. The second-order valence-corrected chi connectivity index (χ2v) is 7.10. The lowest BCUT2D eigenvalue weighted by atomic mass is 10.0. The molecule has 0 saturated heterocycles. The molecule has 176 valence electrons. The molecule has 0 fully saturated rings. The summed E-state index contributed by atoms with van der Waals surface area (Å²) < 4.78 is 95.5. The lowest BCUT2D eigenvalue weighted by molar-refractivity contribution is -0.141. The zero-order valence-corrected chi connectivity index (χ0v) is 17.0. The Morgan fingerprint density at radius 1 is 1.00 bits per heavy atom. The molecular formula is C21H12F7N5O. The highest BCUT2D eigenvalue weighted by atomic mass is 19.4. The van der Waals surface area contributed by atoms with Gasteiger partial charge in [0.25, 0.3) is 5.91 Å². The number of alkyl halides is 6. The van der Waals surface area contributed by atoms with Crippen molar-refractivity contribution in [2.45, 2.75) is 12.4 Å². The summed E-state index contributed by atoms with van der Waals surface area (Å²) in [5.74, 6) is -2.14. The second kappa shape index (κ2) is 8.08. The van der Waals surface area contributed by atoms with E-state index in [2.05, 4.69) is 15.1 Å². The zero-order valence-electron chi connectivity index (χ0n) is 17.0. The molecule has 0 aliphatic carbocycles. The molecule has 0 unspecified atom stereocenters. The quantitative estimate of drug-likeness (QED) is 0.393. The number of carbonyl (C=O) groups is 1. The number of amides is 1. The van der Waals surface area contributed by atoms with Crippen molar-refractivity contribution in [3.8, 4) is 11.3 Å². The number of nitrogens with one attached hydrogen (secondary N) is 1. The average Bonchev–Trinajstić information content (AvgIpc) is 3.10. The summed E-state index contributed by atoms with van der Waals surface area (Å²) >= 11 is 0. The minimum absolute atomic E-state index is 0.0296. The van der Waals surface area contributed by atoms with Gasteiger partial charge < -0.3 is 5.32 Å². The molecule has 13 heteroatoms. The van der Waals surface area contributed by atoms with Crippen LogP contribution in [0.1, 0.15) is 21.7 Å². The van der Waals surface area contributed by atoms with E-state index in [1.807, 2.05) is 5.32 Å². The Morgan fingerprint density at radius 3 is 2.41 bits per heavy atom. The van der Waals surface area contributed by atoms with Gasteiger partial charge in [-0.15, -0.1) is 0 Å². The van der Waals surface area contributed by atoms with E-state index in [9.17, 15) is 35.5 Å². The Morgan fingerprint density at radius 2 is 1.74 bits per heavy atom. The largest absolute Gasteiger partial charge is 0.433 e. The van der Waals surface area contributed by atoms with Crippen molar-refractivity contribution in [2.24, 2.45) is 7.05 Å². The van der Waals surface area contributed by atoms with Crippen LogP contribution in [0.4, 0.5) is 36.4 Å². The van der Waals surface area contributed by atoms with Crippen molar-refractivity contribution in [1.29, 1.82) is 0 Å². The highest BCUT2D eigenvalue weighted by molar-refractivity contribution is 6.06. The van der Waals surface area contributed by atoms with E-state index in [0.29, 0.717) is 10.7 Å². The van der Waals surface area contributed by atoms with Crippen molar-refractivity contribution >= 4 is 22.5 Å². The first-order valence-electron chi connectivity index (χ1n) is 9.39. The van der Waals surface area contributed by atoms with Gasteiger partial charge in [0.15, 0.2) is 0 Å². The number of anilines is 1. The normalized spacial score (nSPS) is 12.2. The lowest BCUT2D eigenvalue weighted by Crippen LogP contribution is -2.21. The van der Waals surface area contributed by atoms with Gasteiger partial charge in [-0.05, 0) is 24.3 Å². The summed E-state index contributed by atoms with van der Waals surface area (Å²) in [6, 6.07) is 6.60. The molecule has 34 heavy (non-hydrogen) atoms. The Balaban J connectivity index is 1.85. The minimum Gasteiger partial charge on any atom is -0.321 e. The van der Waals surface area contributed by atoms with Crippen LogP contribution in [0.2, 0.25) is 0 Å². The number of rotatable bonds is 3. The van der Waals surface area contributed by atoms with E-state index < -0.39 is 52.4 Å². The maximum Gasteiger partial charge on any atom is 0.433 e. The molecule has 0 radical (unpaired) electrons. The van der Waals surface area contributed by atoms with Crippen LogP contribution in [0.25, 0.3) is 22.2 Å². The van der Waals surface area contributed by atoms with Crippen LogP contribution in [0.5, 0.6) is 0 Å². The SMILES string of the molecule is Cn1nc(-c2cccc3ncc(F)cc23)c(C(F)(F)F)c1C(=O)Nc1ccnc(C(F)(F)F)c1. The van der Waals surface area contributed by atoms with Crippen LogP contribution < -0.4 is 5.32 Å². The summed E-state index contributed by atoms with van der Waals surface area (Å²) in [6.45, 7) is 0. The second-order valence-electron chi connectivity index (χ2n) is 7.10. The fourth-order valence-corrected chi connectivity index (χ4v) is 3.43. The number of aromatic nitrogens is 4. The molecule has 0 bridgehead atoms. The van der Waals surface area contributed by atoms with E-state index in [1.165, 1.54) is 18.2 Å². The molecule has 1 amide bonds. The summed E-state index contributed by atoms with van der Waals surface area (Å²) in [5.41, 5.74) is -4.74. The number of hydrogen-bond donors (Lipinski definition) is 1. The van der Waals surface area contributed by atoms with E-state index in [1.54, 1.807) is 0 Å². The first-order valence-corrected chi connectivity index (χ1v) is 9.39. The van der Waals surface area contributed by atoms with Crippen LogP contribution >= 0.6 is 0 Å². The van der Waals surface area contributed by atoms with Crippen LogP contribution in [-0.2, 0) is 19.4 Å². The number of nitrogens with zero attached hydrogens (tertiary/aromatic N) is 4. The third-order valence-corrected chi connectivity index (χ3v) is 4.80. The fraction of sp³-hybridized carbons (Fsp3) is 0.143. The summed E-state index contributed by atoms with van der Waals surface area (Å²) in [4.78, 5) is 19.8. The van der Waals surface area contributed by atoms with E-state index in [-0.39, 0.29) is 16.5 Å². The molecule has 6 nitrogen and oxygen atoms in total. The number of benzene rings is 1. The van der Waals surface area contributed by atoms with Gasteiger partial charge in [0.2, 0.25) is 0 Å². The molecule has 3 aromatic heterocycles. The fourth-order valence-electron chi connectivity index (χ4n) is 3.43. The Bertz CT molecular complexity index is 1410. The van der Waals surface area contributed by atoms with Gasteiger partial charge >= 0.3 is 12.4 Å². The molecule has 4 rings (SSSR count). The van der Waals surface area contributed by atoms with Gasteiger partial charge in [-0.1, -0.05) is 12.1 Å². The standard InChI is InChI=1S/C21H12F7N5O/c1-33-18(19(34)31-11-5-6-29-15(8-11)20(23,24)25)16(21(26,27)28)17(32-33)12-3-2-4-14-13(12)7-10(22)9-30-14/h2-9H,1H3,(H,29,31,34). The molecule has 4 aromatic rings. The third-order valence-electron chi connectivity index (χ3n) is 4.80. The highest BCUT2D eigenvalue weighted by Gasteiger charge is 2.42. The van der Waals surface area contributed by atoms with Gasteiger partial charge in [0.1, 0.15) is 28.5 Å². The van der Waals surface area contributed by atoms with Crippen LogP contribution in [-0.4, -0.2) is 25.7 Å². The van der Waals surface area contributed by atoms with Crippen molar-refractivity contribution in [3.63, 3.8) is 0 Å². The van der Waals surface area contributed by atoms with E-state index >= 15 is 0 Å². The van der Waals surface area contributed by atoms with Gasteiger partial charge in [0.05, 0.1) is 11.7 Å². The molecule has 0 atom stereocenters. The van der Waals surface area contributed by atoms with Crippen molar-refractivity contribution < 1.29 is 35.5 Å². The molecule has 0 spiro atoms. The summed E-state index contributed by atoms with van der Waals surface area (Å²) in [5, 5.41) is 5.89. The molecule has 3 heterocycles. The maximum atomic E-state index is 14.1. The number of aryl methyl sites for hydroxylation is 1. The minimum atomic E-state index is -5.09. The van der Waals surface area contributed by atoms with E-state index in [0.717, 1.165) is 31.6 Å². The van der Waals surface area contributed by atoms with Gasteiger partial charge in [-0.3, -0.25) is 19.4 Å². The van der Waals surface area contributed by atoms with Crippen molar-refractivity contribution in [2.75, 3.05) is 5.32 Å². The zero-order chi connectivity index (χ0) is 24.8. The van der Waals surface area contributed by atoms with Gasteiger partial charge in [-0.25, -0.2) is 4.39 Å². The first kappa shape index (κ1) is 23.1. The lowest BCUT2D eigenvalue weighted by Gasteiger charge is -2.13. The predicted molar refractivity (Wildman–Crippen MR) is 106 cm³/mol. The van der Waals surface area contributed by atoms with Crippen molar-refractivity contribution in [1.82, 2.24) is 19.7 Å². The molecule has 1 aromatic carbocycles. The smallest absolute Gasteiger partial charge is 0.321 e. The van der Waals surface area contributed by atoms with Gasteiger partial charge in [0, 0.05) is 29.9 Å². The summed E-state index contributed by atoms with van der Waals surface area (Å²) in [7, 11) is 1.07. The first-order chi connectivity index (χ1) is 15.9. The number of halogens is 7. The predicted octanol–water partition coefficient (Wildman–Crippen LogP) is 5.46. The van der Waals surface area contributed by atoms with Crippen LogP contribution in [0, 0.1) is 5.82 Å². The topological polar surface area (TPSA) is 72.7 Å². The Kier molecular flexibility index (Phi) is 5.50. The van der Waals surface area contributed by atoms with E-state index in [4.69, 9.17) is 0 Å². The van der Waals surface area contributed by atoms with Crippen molar-refractivity contribution in [3.05, 3.63) is 71.6 Å².